The zero-order chi connectivity index (χ0) is 13.9. The van der Waals surface area contributed by atoms with Crippen LogP contribution in [0.2, 0.25) is 0 Å². The van der Waals surface area contributed by atoms with Crippen LogP contribution in [0.3, 0.4) is 0 Å². The number of nitrogens with zero attached hydrogens (tertiary/aromatic N) is 1. The van der Waals surface area contributed by atoms with Crippen molar-refractivity contribution < 1.29 is 9.47 Å². The number of hydrogen-bond acceptors (Lipinski definition) is 5. The summed E-state index contributed by atoms with van der Waals surface area (Å²) in [6.45, 7) is 2.74. The number of nitrogens with one attached hydrogen (secondary N) is 1. The Morgan fingerprint density at radius 2 is 2.16 bits per heavy atom. The first-order valence-electron chi connectivity index (χ1n) is 6.21. The molecule has 0 aromatic heterocycles. The van der Waals surface area contributed by atoms with Gasteiger partial charge in [0, 0.05) is 25.2 Å². The molecular weight excluding hydrogens is 260 g/mol. The predicted molar refractivity (Wildman–Crippen MR) is 78.7 cm³/mol. The molecule has 0 radical (unpaired) electrons. The number of hydrogen-bond donors (Lipinski definition) is 1. The van der Waals surface area contributed by atoms with Crippen LogP contribution >= 0.6 is 11.8 Å². The molecule has 0 bridgehead atoms. The Kier molecular flexibility index (Phi) is 8.07. The number of thioether (sulfide) groups is 1. The summed E-state index contributed by atoms with van der Waals surface area (Å²) in [5.41, 5.74) is 1.61. The normalized spacial score (nSPS) is 10.2. The molecule has 0 aliphatic heterocycles. The van der Waals surface area contributed by atoms with Crippen molar-refractivity contribution in [3.05, 3.63) is 23.8 Å². The molecule has 0 spiro atoms. The van der Waals surface area contributed by atoms with Gasteiger partial charge in [-0.1, -0.05) is 6.07 Å². The van der Waals surface area contributed by atoms with Gasteiger partial charge >= 0.3 is 0 Å². The smallest absolute Gasteiger partial charge is 0.102 e. The van der Waals surface area contributed by atoms with Crippen molar-refractivity contribution in [2.24, 2.45) is 0 Å². The van der Waals surface area contributed by atoms with E-state index in [0.717, 1.165) is 29.1 Å². The zero-order valence-corrected chi connectivity index (χ0v) is 12.3. The molecule has 1 rings (SSSR count). The Hall–Kier alpha value is -1.22. The lowest BCUT2D eigenvalue weighted by Gasteiger charge is -2.10. The molecule has 0 amide bonds. The van der Waals surface area contributed by atoms with Crippen molar-refractivity contribution in [1.82, 2.24) is 0 Å². The Labute approximate surface area is 119 Å². The molecule has 104 valence electrons. The quantitative estimate of drug-likeness (QED) is 0.557. The maximum Gasteiger partial charge on any atom is 0.102 e. The molecule has 0 atom stereocenters. The SMILES string of the molecule is COCCOCCCNc1cccc(SC)c1C#N. The number of nitriles is 1. The molecule has 4 nitrogen and oxygen atoms in total. The zero-order valence-electron chi connectivity index (χ0n) is 11.4. The Morgan fingerprint density at radius 1 is 1.32 bits per heavy atom. The minimum Gasteiger partial charge on any atom is -0.384 e. The van der Waals surface area contributed by atoms with Crippen LogP contribution < -0.4 is 5.32 Å². The van der Waals surface area contributed by atoms with Gasteiger partial charge in [-0.25, -0.2) is 0 Å². The van der Waals surface area contributed by atoms with E-state index in [4.69, 9.17) is 9.47 Å². The first-order valence-corrected chi connectivity index (χ1v) is 7.43. The predicted octanol–water partition coefficient (Wildman–Crippen LogP) is 2.75. The largest absolute Gasteiger partial charge is 0.384 e. The minimum absolute atomic E-state index is 0.627. The molecule has 0 unspecified atom stereocenters. The molecule has 0 heterocycles. The molecule has 1 aromatic rings. The Balaban J connectivity index is 2.35. The van der Waals surface area contributed by atoms with Crippen LogP contribution in [-0.4, -0.2) is 39.7 Å². The molecule has 0 aliphatic carbocycles. The van der Waals surface area contributed by atoms with Crippen LogP contribution in [0.25, 0.3) is 0 Å². The summed E-state index contributed by atoms with van der Waals surface area (Å²) in [5.74, 6) is 0. The fourth-order valence-electron chi connectivity index (χ4n) is 1.61. The van der Waals surface area contributed by atoms with Crippen LogP contribution in [0.5, 0.6) is 0 Å². The highest BCUT2D eigenvalue weighted by atomic mass is 32.2. The lowest BCUT2D eigenvalue weighted by Crippen LogP contribution is -2.09. The fraction of sp³-hybridized carbons (Fsp3) is 0.500. The average molecular weight is 280 g/mol. The van der Waals surface area contributed by atoms with E-state index >= 15 is 0 Å². The van der Waals surface area contributed by atoms with Gasteiger partial charge in [-0.2, -0.15) is 5.26 Å². The molecule has 0 aliphatic rings. The van der Waals surface area contributed by atoms with Gasteiger partial charge < -0.3 is 14.8 Å². The van der Waals surface area contributed by atoms with E-state index in [1.54, 1.807) is 18.9 Å². The van der Waals surface area contributed by atoms with Crippen LogP contribution in [0.1, 0.15) is 12.0 Å². The monoisotopic (exact) mass is 280 g/mol. The molecule has 0 fully saturated rings. The third-order valence-electron chi connectivity index (χ3n) is 2.57. The van der Waals surface area contributed by atoms with E-state index < -0.39 is 0 Å². The molecule has 19 heavy (non-hydrogen) atoms. The summed E-state index contributed by atoms with van der Waals surface area (Å²) >= 11 is 1.59. The van der Waals surface area contributed by atoms with Gasteiger partial charge in [0.1, 0.15) is 6.07 Å². The van der Waals surface area contributed by atoms with E-state index in [9.17, 15) is 5.26 Å². The minimum atomic E-state index is 0.627. The van der Waals surface area contributed by atoms with Crippen LogP contribution in [0.15, 0.2) is 23.1 Å². The number of anilines is 1. The summed E-state index contributed by atoms with van der Waals surface area (Å²) in [6.07, 6.45) is 2.88. The van der Waals surface area contributed by atoms with Gasteiger partial charge in [-0.15, -0.1) is 11.8 Å². The van der Waals surface area contributed by atoms with E-state index in [1.807, 2.05) is 24.5 Å². The highest BCUT2D eigenvalue weighted by Gasteiger charge is 2.06. The maximum atomic E-state index is 9.19. The first kappa shape index (κ1) is 15.8. The summed E-state index contributed by atoms with van der Waals surface area (Å²) < 4.78 is 10.3. The van der Waals surface area contributed by atoms with Crippen molar-refractivity contribution in [2.75, 3.05) is 45.0 Å². The standard InChI is InChI=1S/C14H20N2O2S/c1-17-9-10-18-8-4-7-16-13-5-3-6-14(19-2)12(13)11-15/h3,5-6,16H,4,7-10H2,1-2H3. The van der Waals surface area contributed by atoms with Crippen molar-refractivity contribution >= 4 is 17.4 Å². The Morgan fingerprint density at radius 3 is 2.84 bits per heavy atom. The van der Waals surface area contributed by atoms with E-state index in [0.29, 0.717) is 19.8 Å². The molecule has 0 saturated carbocycles. The first-order chi connectivity index (χ1) is 9.33. The number of benzene rings is 1. The van der Waals surface area contributed by atoms with Gasteiger partial charge in [-0.3, -0.25) is 0 Å². The second-order valence-corrected chi connectivity index (χ2v) is 4.73. The molecule has 1 N–H and O–H groups in total. The van der Waals surface area contributed by atoms with Gasteiger partial charge in [0.05, 0.1) is 24.5 Å². The lowest BCUT2D eigenvalue weighted by molar-refractivity contribution is 0.0705. The van der Waals surface area contributed by atoms with E-state index in [2.05, 4.69) is 11.4 Å². The third-order valence-corrected chi connectivity index (χ3v) is 3.35. The molecular formula is C14H20N2O2S. The molecule has 5 heteroatoms. The summed E-state index contributed by atoms with van der Waals surface area (Å²) in [4.78, 5) is 1.00. The highest BCUT2D eigenvalue weighted by molar-refractivity contribution is 7.98. The number of rotatable bonds is 9. The Bertz CT molecular complexity index is 418. The van der Waals surface area contributed by atoms with Crippen LogP contribution in [0, 0.1) is 11.3 Å². The van der Waals surface area contributed by atoms with Crippen molar-refractivity contribution in [3.63, 3.8) is 0 Å². The third kappa shape index (κ3) is 5.52. The van der Waals surface area contributed by atoms with E-state index in [1.165, 1.54) is 0 Å². The number of methoxy groups -OCH3 is 1. The van der Waals surface area contributed by atoms with E-state index in [-0.39, 0.29) is 0 Å². The van der Waals surface area contributed by atoms with Gasteiger partial charge in [-0.05, 0) is 24.8 Å². The molecule has 0 saturated heterocycles. The van der Waals surface area contributed by atoms with Crippen LogP contribution in [0.4, 0.5) is 5.69 Å². The number of ether oxygens (including phenoxy) is 2. The summed E-state index contributed by atoms with van der Waals surface area (Å²) in [7, 11) is 1.66. The molecule has 1 aromatic carbocycles. The van der Waals surface area contributed by atoms with Gasteiger partial charge in [0.2, 0.25) is 0 Å². The lowest BCUT2D eigenvalue weighted by atomic mass is 10.2. The average Bonchev–Trinajstić information content (AvgIpc) is 2.45. The second kappa shape index (κ2) is 9.68. The van der Waals surface area contributed by atoms with Gasteiger partial charge in [0.15, 0.2) is 0 Å². The maximum absolute atomic E-state index is 9.19. The van der Waals surface area contributed by atoms with Crippen molar-refractivity contribution in [2.45, 2.75) is 11.3 Å². The van der Waals surface area contributed by atoms with Crippen molar-refractivity contribution in [1.29, 1.82) is 5.26 Å². The van der Waals surface area contributed by atoms with Crippen LogP contribution in [-0.2, 0) is 9.47 Å². The van der Waals surface area contributed by atoms with Gasteiger partial charge in [0.25, 0.3) is 0 Å². The second-order valence-electron chi connectivity index (χ2n) is 3.88. The summed E-state index contributed by atoms with van der Waals surface area (Å²) in [6, 6.07) is 8.11. The highest BCUT2D eigenvalue weighted by Crippen LogP contribution is 2.26. The fourth-order valence-corrected chi connectivity index (χ4v) is 2.18. The summed E-state index contributed by atoms with van der Waals surface area (Å²) in [5, 5.41) is 12.5. The topological polar surface area (TPSA) is 54.3 Å². The van der Waals surface area contributed by atoms with Crippen molar-refractivity contribution in [3.8, 4) is 6.07 Å².